The monoisotopic (exact) mass is 434 g/mol. The van der Waals surface area contributed by atoms with Gasteiger partial charge in [0.2, 0.25) is 0 Å². The van der Waals surface area contributed by atoms with Gasteiger partial charge in [0.1, 0.15) is 11.6 Å². The number of H-pyrrole nitrogens is 1. The van der Waals surface area contributed by atoms with E-state index in [0.717, 1.165) is 11.0 Å². The fourth-order valence-corrected chi connectivity index (χ4v) is 2.72. The van der Waals surface area contributed by atoms with Gasteiger partial charge in [-0.3, -0.25) is 24.0 Å². The number of amides is 1. The van der Waals surface area contributed by atoms with Crippen molar-refractivity contribution < 1.29 is 23.5 Å². The highest BCUT2D eigenvalue weighted by atomic mass is 16.5. The first kappa shape index (κ1) is 23.7. The molecule has 11 nitrogen and oxygen atoms in total. The number of methoxy groups -OCH3 is 1. The topological polar surface area (TPSA) is 150 Å². The maximum Gasteiger partial charge on any atom is 0.331 e. The summed E-state index contributed by atoms with van der Waals surface area (Å²) >= 11 is 0. The SMILES string of the molecule is COCCN(C(=O)COC(=O)/C=C/c1ccco1)c1c(N)n(CC(C)C)c(=O)[nH]c1=O. The number of aromatic amines is 1. The second kappa shape index (κ2) is 11.0. The van der Waals surface area contributed by atoms with Crippen molar-refractivity contribution in [2.75, 3.05) is 37.5 Å². The molecule has 2 rings (SSSR count). The molecule has 2 aromatic heterocycles. The van der Waals surface area contributed by atoms with E-state index in [2.05, 4.69) is 4.98 Å². The van der Waals surface area contributed by atoms with Crippen LogP contribution in [0.15, 0.2) is 38.5 Å². The van der Waals surface area contributed by atoms with E-state index in [-0.39, 0.29) is 37.1 Å². The van der Waals surface area contributed by atoms with Gasteiger partial charge in [-0.2, -0.15) is 0 Å². The van der Waals surface area contributed by atoms with Crippen LogP contribution >= 0.6 is 0 Å². The van der Waals surface area contributed by atoms with Crippen LogP contribution in [0.3, 0.4) is 0 Å². The quantitative estimate of drug-likeness (QED) is 0.408. The van der Waals surface area contributed by atoms with Gasteiger partial charge in [-0.25, -0.2) is 9.59 Å². The predicted molar refractivity (Wildman–Crippen MR) is 114 cm³/mol. The zero-order valence-corrected chi connectivity index (χ0v) is 17.6. The van der Waals surface area contributed by atoms with E-state index in [1.54, 1.807) is 12.1 Å². The van der Waals surface area contributed by atoms with Gasteiger partial charge in [0, 0.05) is 26.3 Å². The number of carbonyl (C=O) groups is 2. The van der Waals surface area contributed by atoms with Gasteiger partial charge in [0.25, 0.3) is 11.5 Å². The van der Waals surface area contributed by atoms with E-state index < -0.39 is 29.7 Å². The number of rotatable bonds is 10. The highest BCUT2D eigenvalue weighted by molar-refractivity contribution is 5.98. The Balaban J connectivity index is 2.24. The van der Waals surface area contributed by atoms with E-state index in [9.17, 15) is 19.2 Å². The third-order valence-electron chi connectivity index (χ3n) is 4.12. The van der Waals surface area contributed by atoms with Gasteiger partial charge in [-0.05, 0) is 24.1 Å². The Hall–Kier alpha value is -3.60. The number of aromatic nitrogens is 2. The number of hydrogen-bond donors (Lipinski definition) is 2. The van der Waals surface area contributed by atoms with Gasteiger partial charge in [0.05, 0.1) is 12.9 Å². The largest absolute Gasteiger partial charge is 0.465 e. The highest BCUT2D eigenvalue weighted by Gasteiger charge is 2.25. The minimum absolute atomic E-state index is 0.0394. The third kappa shape index (κ3) is 6.44. The van der Waals surface area contributed by atoms with Gasteiger partial charge in [0.15, 0.2) is 12.3 Å². The molecule has 0 aliphatic carbocycles. The average Bonchev–Trinajstić information content (AvgIpc) is 3.23. The molecule has 0 saturated carbocycles. The number of carbonyl (C=O) groups excluding carboxylic acids is 2. The summed E-state index contributed by atoms with van der Waals surface area (Å²) in [4.78, 5) is 52.5. The molecule has 2 heterocycles. The first-order valence-electron chi connectivity index (χ1n) is 9.54. The number of nitrogens with two attached hydrogens (primary N) is 1. The van der Waals surface area contributed by atoms with Gasteiger partial charge in [-0.1, -0.05) is 13.8 Å². The average molecular weight is 434 g/mol. The lowest BCUT2D eigenvalue weighted by Gasteiger charge is -2.24. The normalized spacial score (nSPS) is 11.2. The number of esters is 1. The molecule has 0 saturated heterocycles. The lowest BCUT2D eigenvalue weighted by Crippen LogP contribution is -2.44. The van der Waals surface area contributed by atoms with Crippen molar-refractivity contribution in [1.82, 2.24) is 9.55 Å². The molecular formula is C20H26N4O7. The molecule has 0 aromatic carbocycles. The Morgan fingerprint density at radius 3 is 2.71 bits per heavy atom. The van der Waals surface area contributed by atoms with Gasteiger partial charge < -0.3 is 19.6 Å². The fraction of sp³-hybridized carbons (Fsp3) is 0.400. The molecule has 0 radical (unpaired) electrons. The molecule has 11 heteroatoms. The fourth-order valence-electron chi connectivity index (χ4n) is 2.72. The molecule has 31 heavy (non-hydrogen) atoms. The summed E-state index contributed by atoms with van der Waals surface area (Å²) in [6.07, 6.45) is 3.94. The molecule has 2 aromatic rings. The highest BCUT2D eigenvalue weighted by Crippen LogP contribution is 2.18. The molecule has 0 fully saturated rings. The van der Waals surface area contributed by atoms with Crippen LogP contribution in [0.1, 0.15) is 19.6 Å². The predicted octanol–water partition coefficient (Wildman–Crippen LogP) is 0.604. The number of ether oxygens (including phenoxy) is 2. The Kier molecular flexibility index (Phi) is 8.38. The smallest absolute Gasteiger partial charge is 0.331 e. The number of nitrogens with one attached hydrogen (secondary N) is 1. The molecule has 0 unspecified atom stereocenters. The van der Waals surface area contributed by atoms with Crippen molar-refractivity contribution in [1.29, 1.82) is 0 Å². The van der Waals surface area contributed by atoms with Crippen molar-refractivity contribution >= 4 is 29.5 Å². The van der Waals surface area contributed by atoms with E-state index in [1.165, 1.54) is 24.0 Å². The zero-order valence-electron chi connectivity index (χ0n) is 17.6. The molecular weight excluding hydrogens is 408 g/mol. The summed E-state index contributed by atoms with van der Waals surface area (Å²) in [7, 11) is 1.43. The third-order valence-corrected chi connectivity index (χ3v) is 4.12. The lowest BCUT2D eigenvalue weighted by atomic mass is 10.2. The summed E-state index contributed by atoms with van der Waals surface area (Å²) < 4.78 is 16.2. The minimum Gasteiger partial charge on any atom is -0.465 e. The van der Waals surface area contributed by atoms with Crippen molar-refractivity contribution in [2.45, 2.75) is 20.4 Å². The second-order valence-corrected chi connectivity index (χ2v) is 6.99. The number of nitrogens with zero attached hydrogens (tertiary/aromatic N) is 2. The summed E-state index contributed by atoms with van der Waals surface area (Å²) in [6, 6.07) is 3.30. The number of nitrogen functional groups attached to an aromatic ring is 1. The van der Waals surface area contributed by atoms with Crippen LogP contribution in [-0.4, -0.2) is 48.3 Å². The first-order valence-corrected chi connectivity index (χ1v) is 9.54. The molecule has 0 spiro atoms. The lowest BCUT2D eigenvalue weighted by molar-refractivity contribution is -0.142. The van der Waals surface area contributed by atoms with Crippen molar-refractivity contribution in [2.24, 2.45) is 5.92 Å². The van der Waals surface area contributed by atoms with E-state index in [0.29, 0.717) is 5.76 Å². The standard InChI is InChI=1S/C20H26N4O7/c1-13(2)11-24-18(21)17(19(27)22-20(24)28)23(8-10-29-3)15(25)12-31-16(26)7-6-14-5-4-9-30-14/h4-7,9,13H,8,10-12,21H2,1-3H3,(H,22,27,28)/b7-6+. The minimum atomic E-state index is -0.823. The van der Waals surface area contributed by atoms with E-state index in [1.807, 2.05) is 13.8 Å². The molecule has 0 bridgehead atoms. The zero-order chi connectivity index (χ0) is 23.0. The maximum absolute atomic E-state index is 12.8. The Bertz CT molecular complexity index is 1030. The van der Waals surface area contributed by atoms with Crippen LogP contribution < -0.4 is 21.9 Å². The number of hydrogen-bond acceptors (Lipinski definition) is 8. The molecule has 3 N–H and O–H groups in total. The van der Waals surface area contributed by atoms with Crippen LogP contribution in [0, 0.1) is 5.92 Å². The first-order chi connectivity index (χ1) is 14.7. The summed E-state index contributed by atoms with van der Waals surface area (Å²) in [5.74, 6) is -1.14. The Morgan fingerprint density at radius 2 is 2.10 bits per heavy atom. The Labute approximate surface area is 178 Å². The van der Waals surface area contributed by atoms with Gasteiger partial charge >= 0.3 is 11.7 Å². The Morgan fingerprint density at radius 1 is 1.35 bits per heavy atom. The van der Waals surface area contributed by atoms with E-state index >= 15 is 0 Å². The maximum atomic E-state index is 12.8. The molecule has 0 aliphatic rings. The molecule has 168 valence electrons. The van der Waals surface area contributed by atoms with Crippen LogP contribution in [0.5, 0.6) is 0 Å². The summed E-state index contributed by atoms with van der Waals surface area (Å²) in [5.41, 5.74) is 4.38. The van der Waals surface area contributed by atoms with Crippen LogP contribution in [0.2, 0.25) is 0 Å². The summed E-state index contributed by atoms with van der Waals surface area (Å²) in [5, 5.41) is 0. The molecule has 1 amide bonds. The van der Waals surface area contributed by atoms with Gasteiger partial charge in [-0.15, -0.1) is 0 Å². The van der Waals surface area contributed by atoms with E-state index in [4.69, 9.17) is 19.6 Å². The second-order valence-electron chi connectivity index (χ2n) is 6.99. The van der Waals surface area contributed by atoms with Crippen LogP contribution in [0.25, 0.3) is 6.08 Å². The van der Waals surface area contributed by atoms with Crippen molar-refractivity contribution in [3.63, 3.8) is 0 Å². The number of furan rings is 1. The van der Waals surface area contributed by atoms with Crippen molar-refractivity contribution in [3.8, 4) is 0 Å². The molecule has 0 aliphatic heterocycles. The molecule has 0 atom stereocenters. The van der Waals surface area contributed by atoms with Crippen LogP contribution in [0.4, 0.5) is 11.5 Å². The summed E-state index contributed by atoms with van der Waals surface area (Å²) in [6.45, 7) is 3.39. The van der Waals surface area contributed by atoms with Crippen molar-refractivity contribution in [3.05, 3.63) is 51.1 Å². The van der Waals surface area contributed by atoms with Crippen LogP contribution in [-0.2, 0) is 25.6 Å². The number of anilines is 2.